The Balaban J connectivity index is 1.64. The van der Waals surface area contributed by atoms with Crippen molar-refractivity contribution >= 4 is 23.2 Å². The number of carbonyl (C=O) groups is 2. The Labute approximate surface area is 138 Å². The zero-order chi connectivity index (χ0) is 16.2. The number of aromatic nitrogens is 2. The molecule has 2 amide bonds. The number of amides is 2. The van der Waals surface area contributed by atoms with E-state index in [2.05, 4.69) is 15.3 Å². The van der Waals surface area contributed by atoms with Gasteiger partial charge in [0.2, 0.25) is 5.91 Å². The van der Waals surface area contributed by atoms with Gasteiger partial charge in [-0.1, -0.05) is 0 Å². The van der Waals surface area contributed by atoms with Crippen molar-refractivity contribution in [1.82, 2.24) is 20.2 Å². The lowest BCUT2D eigenvalue weighted by molar-refractivity contribution is -0.119. The molecule has 0 radical (unpaired) electrons. The minimum atomic E-state index is -0.0661. The Morgan fingerprint density at radius 2 is 2.35 bits per heavy atom. The standard InChI is InChI=1S/C16H20N4O2S/c1-11(21)19-9-13-4-5-14(23-13)16(22)20-8-2-3-12(10-20)15-17-6-7-18-15/h4-7,12H,2-3,8-10H2,1H3,(H,17,18)(H,19,21). The summed E-state index contributed by atoms with van der Waals surface area (Å²) in [5.41, 5.74) is 0. The van der Waals surface area contributed by atoms with Crippen LogP contribution in [0.2, 0.25) is 0 Å². The zero-order valence-corrected chi connectivity index (χ0v) is 13.9. The fourth-order valence-electron chi connectivity index (χ4n) is 2.84. The minimum Gasteiger partial charge on any atom is -0.351 e. The summed E-state index contributed by atoms with van der Waals surface area (Å²) in [6.45, 7) is 3.45. The van der Waals surface area contributed by atoms with E-state index < -0.39 is 0 Å². The maximum atomic E-state index is 12.7. The summed E-state index contributed by atoms with van der Waals surface area (Å²) in [5, 5.41) is 2.75. The second-order valence-corrected chi connectivity index (χ2v) is 6.91. The van der Waals surface area contributed by atoms with Crippen LogP contribution < -0.4 is 5.32 Å². The number of rotatable bonds is 4. The predicted octanol–water partition coefficient (Wildman–Crippen LogP) is 2.13. The summed E-state index contributed by atoms with van der Waals surface area (Å²) < 4.78 is 0. The number of hydrogen-bond donors (Lipinski definition) is 2. The number of thiophene rings is 1. The molecule has 0 spiro atoms. The van der Waals surface area contributed by atoms with Gasteiger partial charge >= 0.3 is 0 Å². The molecule has 2 aromatic heterocycles. The Hall–Kier alpha value is -2.15. The van der Waals surface area contributed by atoms with Crippen molar-refractivity contribution in [1.29, 1.82) is 0 Å². The molecule has 2 aromatic rings. The third kappa shape index (κ3) is 3.79. The molecule has 3 heterocycles. The molecule has 1 aliphatic rings. The van der Waals surface area contributed by atoms with Crippen LogP contribution in [0.25, 0.3) is 0 Å². The summed E-state index contributed by atoms with van der Waals surface area (Å²) >= 11 is 1.45. The van der Waals surface area contributed by atoms with Crippen LogP contribution >= 0.6 is 11.3 Å². The maximum absolute atomic E-state index is 12.7. The number of carbonyl (C=O) groups excluding carboxylic acids is 2. The highest BCUT2D eigenvalue weighted by Gasteiger charge is 2.27. The number of piperidine rings is 1. The summed E-state index contributed by atoms with van der Waals surface area (Å²) in [6.07, 6.45) is 5.62. The monoisotopic (exact) mass is 332 g/mol. The quantitative estimate of drug-likeness (QED) is 0.900. The Morgan fingerprint density at radius 1 is 1.48 bits per heavy atom. The first-order chi connectivity index (χ1) is 11.1. The van der Waals surface area contributed by atoms with Gasteiger partial charge in [-0.25, -0.2) is 4.98 Å². The highest BCUT2D eigenvalue weighted by Crippen LogP contribution is 2.27. The number of nitrogens with zero attached hydrogens (tertiary/aromatic N) is 2. The fraction of sp³-hybridized carbons (Fsp3) is 0.438. The third-order valence-electron chi connectivity index (χ3n) is 4.00. The van der Waals surface area contributed by atoms with Gasteiger partial charge in [-0.2, -0.15) is 0 Å². The summed E-state index contributed by atoms with van der Waals surface area (Å²) in [5.74, 6) is 1.24. The van der Waals surface area contributed by atoms with Crippen LogP contribution in [0.5, 0.6) is 0 Å². The second kappa shape index (κ2) is 6.95. The van der Waals surface area contributed by atoms with Crippen molar-refractivity contribution in [3.63, 3.8) is 0 Å². The number of aromatic amines is 1. The highest BCUT2D eigenvalue weighted by molar-refractivity contribution is 7.14. The highest BCUT2D eigenvalue weighted by atomic mass is 32.1. The molecule has 0 bridgehead atoms. The van der Waals surface area contributed by atoms with E-state index in [1.54, 1.807) is 6.20 Å². The minimum absolute atomic E-state index is 0.0661. The molecule has 0 aliphatic carbocycles. The Morgan fingerprint density at radius 3 is 3.09 bits per heavy atom. The van der Waals surface area contributed by atoms with E-state index in [0.29, 0.717) is 13.1 Å². The van der Waals surface area contributed by atoms with Crippen LogP contribution in [0.1, 0.15) is 46.1 Å². The molecule has 0 aromatic carbocycles. The van der Waals surface area contributed by atoms with E-state index in [9.17, 15) is 9.59 Å². The summed E-state index contributed by atoms with van der Waals surface area (Å²) in [4.78, 5) is 34.7. The first kappa shape index (κ1) is 15.7. The molecule has 1 unspecified atom stereocenters. The molecule has 2 N–H and O–H groups in total. The lowest BCUT2D eigenvalue weighted by atomic mass is 9.97. The Kier molecular flexibility index (Phi) is 4.76. The van der Waals surface area contributed by atoms with E-state index in [0.717, 1.165) is 35.0 Å². The van der Waals surface area contributed by atoms with Gasteiger partial charge in [-0.15, -0.1) is 11.3 Å². The molecule has 1 atom stereocenters. The molecule has 1 aliphatic heterocycles. The van der Waals surface area contributed by atoms with E-state index in [1.165, 1.54) is 18.3 Å². The van der Waals surface area contributed by atoms with Gasteiger partial charge in [0.05, 0.1) is 11.4 Å². The molecular weight excluding hydrogens is 312 g/mol. The number of imidazole rings is 1. The van der Waals surface area contributed by atoms with Gasteiger partial charge < -0.3 is 15.2 Å². The van der Waals surface area contributed by atoms with Crippen molar-refractivity contribution in [3.8, 4) is 0 Å². The normalized spacial score (nSPS) is 18.0. The van der Waals surface area contributed by atoms with Gasteiger partial charge in [-0.3, -0.25) is 9.59 Å². The fourth-order valence-corrected chi connectivity index (χ4v) is 3.76. The maximum Gasteiger partial charge on any atom is 0.263 e. The van der Waals surface area contributed by atoms with Crippen LogP contribution in [0.15, 0.2) is 24.5 Å². The van der Waals surface area contributed by atoms with Crippen LogP contribution in [0, 0.1) is 0 Å². The van der Waals surface area contributed by atoms with Crippen molar-refractivity contribution in [2.24, 2.45) is 0 Å². The third-order valence-corrected chi connectivity index (χ3v) is 5.07. The summed E-state index contributed by atoms with van der Waals surface area (Å²) in [7, 11) is 0. The predicted molar refractivity (Wildman–Crippen MR) is 88.3 cm³/mol. The number of hydrogen-bond acceptors (Lipinski definition) is 4. The van der Waals surface area contributed by atoms with E-state index in [1.807, 2.05) is 23.2 Å². The van der Waals surface area contributed by atoms with Crippen molar-refractivity contribution in [2.45, 2.75) is 32.2 Å². The van der Waals surface area contributed by atoms with E-state index >= 15 is 0 Å². The molecular formula is C16H20N4O2S. The van der Waals surface area contributed by atoms with Gasteiger partial charge in [0, 0.05) is 43.2 Å². The van der Waals surface area contributed by atoms with Crippen LogP contribution in [-0.4, -0.2) is 39.8 Å². The van der Waals surface area contributed by atoms with Gasteiger partial charge in [0.15, 0.2) is 0 Å². The van der Waals surface area contributed by atoms with E-state index in [4.69, 9.17) is 0 Å². The molecule has 1 fully saturated rings. The van der Waals surface area contributed by atoms with Crippen LogP contribution in [0.4, 0.5) is 0 Å². The molecule has 3 rings (SSSR count). The first-order valence-corrected chi connectivity index (χ1v) is 8.57. The van der Waals surface area contributed by atoms with Gasteiger partial charge in [0.1, 0.15) is 5.82 Å². The zero-order valence-electron chi connectivity index (χ0n) is 13.0. The van der Waals surface area contributed by atoms with Crippen molar-refractivity contribution < 1.29 is 9.59 Å². The molecule has 0 saturated carbocycles. The SMILES string of the molecule is CC(=O)NCc1ccc(C(=O)N2CCCC(c3ncc[nH]3)C2)s1. The van der Waals surface area contributed by atoms with Crippen molar-refractivity contribution in [3.05, 3.63) is 40.1 Å². The van der Waals surface area contributed by atoms with Crippen LogP contribution in [0.3, 0.4) is 0 Å². The number of H-pyrrole nitrogens is 1. The topological polar surface area (TPSA) is 78.1 Å². The Bertz CT molecular complexity index is 680. The lowest BCUT2D eigenvalue weighted by Gasteiger charge is -2.31. The molecule has 23 heavy (non-hydrogen) atoms. The molecule has 1 saturated heterocycles. The average Bonchev–Trinajstić information content (AvgIpc) is 3.24. The van der Waals surface area contributed by atoms with Gasteiger partial charge in [0.25, 0.3) is 5.91 Å². The van der Waals surface area contributed by atoms with Gasteiger partial charge in [-0.05, 0) is 25.0 Å². The lowest BCUT2D eigenvalue weighted by Crippen LogP contribution is -2.39. The molecule has 6 nitrogen and oxygen atoms in total. The largest absolute Gasteiger partial charge is 0.351 e. The van der Waals surface area contributed by atoms with Crippen LogP contribution in [-0.2, 0) is 11.3 Å². The number of likely N-dealkylation sites (tertiary alicyclic amines) is 1. The van der Waals surface area contributed by atoms with E-state index in [-0.39, 0.29) is 17.7 Å². The second-order valence-electron chi connectivity index (χ2n) is 5.74. The molecule has 122 valence electrons. The average molecular weight is 332 g/mol. The molecule has 7 heteroatoms. The van der Waals surface area contributed by atoms with Crippen molar-refractivity contribution in [2.75, 3.05) is 13.1 Å². The smallest absolute Gasteiger partial charge is 0.263 e. The first-order valence-electron chi connectivity index (χ1n) is 7.75. The summed E-state index contributed by atoms with van der Waals surface area (Å²) in [6, 6.07) is 3.75. The number of nitrogens with one attached hydrogen (secondary N) is 2.